The van der Waals surface area contributed by atoms with Crippen LogP contribution < -0.4 is 10.1 Å². The zero-order valence-corrected chi connectivity index (χ0v) is 20.5. The van der Waals surface area contributed by atoms with Crippen molar-refractivity contribution < 1.29 is 14.6 Å². The average Bonchev–Trinajstić information content (AvgIpc) is 3.19. The first-order valence-corrected chi connectivity index (χ1v) is 11.8. The van der Waals surface area contributed by atoms with E-state index in [9.17, 15) is 9.90 Å². The number of hydrogen-bond donors (Lipinski definition) is 3. The number of hydrogen-bond acceptors (Lipinski definition) is 3. The smallest absolute Gasteiger partial charge is 0.321 e. The molecule has 0 spiro atoms. The van der Waals surface area contributed by atoms with Crippen LogP contribution in [0.4, 0.5) is 0 Å². The number of ether oxygens (including phenoxy) is 1. The van der Waals surface area contributed by atoms with E-state index in [1.165, 1.54) is 0 Å². The number of carboxylic acids is 1. The minimum absolute atomic E-state index is 0.266. The largest absolute Gasteiger partial charge is 0.489 e. The number of rotatable bonds is 9. The van der Waals surface area contributed by atoms with Crippen LogP contribution in [0.25, 0.3) is 10.9 Å². The number of carboxylic acid groups (broad SMARTS) is 1. The highest BCUT2D eigenvalue weighted by Crippen LogP contribution is 2.27. The summed E-state index contributed by atoms with van der Waals surface area (Å²) in [6.45, 7) is 0.588. The zero-order chi connectivity index (χ0) is 23.4. The summed E-state index contributed by atoms with van der Waals surface area (Å²) in [5.74, 6) is -0.265. The standard InChI is InChI=1S/C25H21BrCl2N2O3/c26-18-6-8-24(33-14-15-5-7-19(27)11-21(15)28)17(9-18)13-30-23(25(31)32)10-16-12-29-22-4-2-1-3-20(16)22/h1-9,11-12,23,29-30H,10,13-14H2,(H,31,32). The summed E-state index contributed by atoms with van der Waals surface area (Å²) in [4.78, 5) is 15.2. The number of nitrogens with one attached hydrogen (secondary N) is 2. The van der Waals surface area contributed by atoms with Gasteiger partial charge in [0.25, 0.3) is 0 Å². The summed E-state index contributed by atoms with van der Waals surface area (Å²) in [5, 5.41) is 15.1. The number of fused-ring (bicyclic) bond motifs is 1. The van der Waals surface area contributed by atoms with Crippen LogP contribution in [0, 0.1) is 0 Å². The van der Waals surface area contributed by atoms with Crippen molar-refractivity contribution in [3.63, 3.8) is 0 Å². The Balaban J connectivity index is 1.47. The molecule has 3 N–H and O–H groups in total. The first kappa shape index (κ1) is 23.6. The average molecular weight is 548 g/mol. The van der Waals surface area contributed by atoms with E-state index < -0.39 is 12.0 Å². The second-order valence-electron chi connectivity index (χ2n) is 7.61. The van der Waals surface area contributed by atoms with Crippen molar-refractivity contribution in [1.29, 1.82) is 0 Å². The number of para-hydroxylation sites is 1. The molecule has 3 aromatic carbocycles. The van der Waals surface area contributed by atoms with E-state index in [0.717, 1.165) is 32.1 Å². The molecule has 0 saturated carbocycles. The molecule has 1 atom stereocenters. The van der Waals surface area contributed by atoms with Crippen molar-refractivity contribution >= 4 is 56.0 Å². The van der Waals surface area contributed by atoms with E-state index in [1.54, 1.807) is 12.1 Å². The molecule has 4 rings (SSSR count). The fraction of sp³-hybridized carbons (Fsp3) is 0.160. The third-order valence-electron chi connectivity index (χ3n) is 5.36. The number of carbonyl (C=O) groups is 1. The summed E-state index contributed by atoms with van der Waals surface area (Å²) in [5.41, 5.74) is 3.58. The van der Waals surface area contributed by atoms with Gasteiger partial charge in [-0.1, -0.05) is 63.4 Å². The van der Waals surface area contributed by atoms with E-state index in [0.29, 0.717) is 28.8 Å². The Hall–Kier alpha value is -2.51. The van der Waals surface area contributed by atoms with Gasteiger partial charge in [0.2, 0.25) is 0 Å². The minimum atomic E-state index is -0.911. The maximum Gasteiger partial charge on any atom is 0.321 e. The molecule has 0 saturated heterocycles. The molecule has 1 heterocycles. The molecule has 8 heteroatoms. The summed E-state index contributed by atoms with van der Waals surface area (Å²) in [6, 6.07) is 18.0. The van der Waals surface area contributed by atoms with Crippen molar-refractivity contribution in [2.45, 2.75) is 25.6 Å². The van der Waals surface area contributed by atoms with Gasteiger partial charge in [-0.3, -0.25) is 10.1 Å². The monoisotopic (exact) mass is 546 g/mol. The Morgan fingerprint density at radius 2 is 1.88 bits per heavy atom. The number of H-pyrrole nitrogens is 1. The Morgan fingerprint density at radius 3 is 2.67 bits per heavy atom. The Morgan fingerprint density at radius 1 is 1.06 bits per heavy atom. The fourth-order valence-corrected chi connectivity index (χ4v) is 4.49. The molecule has 0 bridgehead atoms. The second-order valence-corrected chi connectivity index (χ2v) is 9.37. The predicted molar refractivity (Wildman–Crippen MR) is 135 cm³/mol. The Labute approximate surface area is 209 Å². The molecule has 1 unspecified atom stereocenters. The lowest BCUT2D eigenvalue weighted by atomic mass is 10.0. The van der Waals surface area contributed by atoms with Gasteiger partial charge in [-0.15, -0.1) is 0 Å². The molecule has 4 aromatic rings. The lowest BCUT2D eigenvalue weighted by Gasteiger charge is -2.17. The molecule has 0 amide bonds. The molecular formula is C25H21BrCl2N2O3. The summed E-state index contributed by atoms with van der Waals surface area (Å²) in [7, 11) is 0. The maximum absolute atomic E-state index is 12.0. The molecule has 0 aliphatic rings. The van der Waals surface area contributed by atoms with Gasteiger partial charge < -0.3 is 14.8 Å². The van der Waals surface area contributed by atoms with Crippen LogP contribution in [0.3, 0.4) is 0 Å². The Bertz CT molecular complexity index is 1290. The molecule has 1 aromatic heterocycles. The van der Waals surface area contributed by atoms with Gasteiger partial charge in [0.1, 0.15) is 18.4 Å². The van der Waals surface area contributed by atoms with Crippen molar-refractivity contribution in [3.8, 4) is 5.75 Å². The molecule has 0 aliphatic heterocycles. The van der Waals surface area contributed by atoms with Crippen LogP contribution in [0.15, 0.2) is 71.3 Å². The van der Waals surface area contributed by atoms with Crippen molar-refractivity contribution in [3.05, 3.63) is 98.1 Å². The van der Waals surface area contributed by atoms with Crippen LogP contribution in [-0.2, 0) is 24.4 Å². The third kappa shape index (κ3) is 5.89. The van der Waals surface area contributed by atoms with Gasteiger partial charge in [-0.2, -0.15) is 0 Å². The fourth-order valence-electron chi connectivity index (χ4n) is 3.62. The zero-order valence-electron chi connectivity index (χ0n) is 17.4. The molecule has 0 aliphatic carbocycles. The molecule has 0 fully saturated rings. The molecule has 170 valence electrons. The number of aromatic nitrogens is 1. The van der Waals surface area contributed by atoms with Crippen LogP contribution in [-0.4, -0.2) is 22.1 Å². The normalized spacial score (nSPS) is 12.1. The van der Waals surface area contributed by atoms with Crippen LogP contribution in [0.2, 0.25) is 10.0 Å². The van der Waals surface area contributed by atoms with Gasteiger partial charge in [-0.05, 0) is 42.0 Å². The van der Waals surface area contributed by atoms with Crippen LogP contribution in [0.1, 0.15) is 16.7 Å². The van der Waals surface area contributed by atoms with Gasteiger partial charge in [-0.25, -0.2) is 0 Å². The second kappa shape index (κ2) is 10.6. The topological polar surface area (TPSA) is 74.3 Å². The maximum atomic E-state index is 12.0. The van der Waals surface area contributed by atoms with Gasteiger partial charge in [0, 0.05) is 55.7 Å². The third-order valence-corrected chi connectivity index (χ3v) is 6.44. The lowest BCUT2D eigenvalue weighted by Crippen LogP contribution is -2.38. The van der Waals surface area contributed by atoms with Crippen LogP contribution >= 0.6 is 39.1 Å². The van der Waals surface area contributed by atoms with E-state index in [1.807, 2.05) is 54.7 Å². The predicted octanol–water partition coefficient (Wildman–Crippen LogP) is 6.60. The van der Waals surface area contributed by atoms with E-state index in [4.69, 9.17) is 27.9 Å². The minimum Gasteiger partial charge on any atom is -0.489 e. The molecule has 33 heavy (non-hydrogen) atoms. The number of benzene rings is 3. The Kier molecular flexibility index (Phi) is 7.60. The highest BCUT2D eigenvalue weighted by molar-refractivity contribution is 9.10. The highest BCUT2D eigenvalue weighted by Gasteiger charge is 2.20. The van der Waals surface area contributed by atoms with Crippen molar-refractivity contribution in [2.75, 3.05) is 0 Å². The number of aliphatic carboxylic acids is 1. The highest BCUT2D eigenvalue weighted by atomic mass is 79.9. The van der Waals surface area contributed by atoms with E-state index in [2.05, 4.69) is 26.2 Å². The summed E-state index contributed by atoms with van der Waals surface area (Å²) >= 11 is 15.7. The number of aromatic amines is 1. The first-order chi connectivity index (χ1) is 15.9. The van der Waals surface area contributed by atoms with Gasteiger partial charge in [0.15, 0.2) is 0 Å². The summed E-state index contributed by atoms with van der Waals surface area (Å²) < 4.78 is 6.89. The number of halogens is 3. The SMILES string of the molecule is O=C(O)C(Cc1c[nH]c2ccccc12)NCc1cc(Br)ccc1OCc1ccc(Cl)cc1Cl. The quantitative estimate of drug-likeness (QED) is 0.220. The summed E-state index contributed by atoms with van der Waals surface area (Å²) in [6.07, 6.45) is 2.22. The van der Waals surface area contributed by atoms with Gasteiger partial charge in [0.05, 0.1) is 0 Å². The van der Waals surface area contributed by atoms with Crippen molar-refractivity contribution in [1.82, 2.24) is 10.3 Å². The van der Waals surface area contributed by atoms with Crippen molar-refractivity contribution in [2.24, 2.45) is 0 Å². The molecular weight excluding hydrogens is 527 g/mol. The van der Waals surface area contributed by atoms with E-state index >= 15 is 0 Å². The lowest BCUT2D eigenvalue weighted by molar-refractivity contribution is -0.139. The molecule has 5 nitrogen and oxygen atoms in total. The van der Waals surface area contributed by atoms with Crippen LogP contribution in [0.5, 0.6) is 5.75 Å². The molecule has 0 radical (unpaired) electrons. The van der Waals surface area contributed by atoms with E-state index in [-0.39, 0.29) is 6.61 Å². The van der Waals surface area contributed by atoms with Gasteiger partial charge >= 0.3 is 5.97 Å². The first-order valence-electron chi connectivity index (χ1n) is 10.3.